The molecule has 4 aromatic rings. The van der Waals surface area contributed by atoms with Crippen molar-refractivity contribution in [2.75, 3.05) is 0 Å². The van der Waals surface area contributed by atoms with E-state index in [1.807, 2.05) is 36.4 Å². The summed E-state index contributed by atoms with van der Waals surface area (Å²) in [6.07, 6.45) is 2.55. The molecule has 122 valence electrons. The largest absolute Gasteiger partial charge is 0.422 e. The first kappa shape index (κ1) is 14.2. The predicted octanol–water partition coefficient (Wildman–Crippen LogP) is 3.45. The molecule has 2 aromatic carbocycles. The summed E-state index contributed by atoms with van der Waals surface area (Å²) in [5, 5.41) is 0.875. The zero-order valence-corrected chi connectivity index (χ0v) is 13.2. The molecule has 1 aliphatic rings. The summed E-state index contributed by atoms with van der Waals surface area (Å²) < 4.78 is 10.9. The third kappa shape index (κ3) is 2.12. The number of hydrogen-bond donors (Lipinski definition) is 0. The first-order chi connectivity index (χ1) is 12.2. The van der Waals surface area contributed by atoms with Crippen molar-refractivity contribution in [1.82, 2.24) is 4.98 Å². The van der Waals surface area contributed by atoms with Gasteiger partial charge in [0.05, 0.1) is 0 Å². The van der Waals surface area contributed by atoms with E-state index in [1.54, 1.807) is 6.07 Å². The van der Waals surface area contributed by atoms with Gasteiger partial charge < -0.3 is 8.83 Å². The van der Waals surface area contributed by atoms with Crippen LogP contribution in [0.3, 0.4) is 0 Å². The molecule has 5 nitrogen and oxygen atoms in total. The number of nitrogens with zero attached hydrogens (tertiary/aromatic N) is 1. The molecular weight excluding hydrogens is 318 g/mol. The van der Waals surface area contributed by atoms with Crippen molar-refractivity contribution in [3.8, 4) is 11.3 Å². The molecule has 0 atom stereocenters. The molecule has 0 unspecified atom stereocenters. The fraction of sp³-hybridized carbons (Fsp3) is 0.150. The molecule has 0 spiro atoms. The van der Waals surface area contributed by atoms with Gasteiger partial charge in [-0.05, 0) is 30.9 Å². The SMILES string of the molecule is O=c1oc2cc3oc(=O)c4c(c3cc2nc1-c1ccccc1)CCC4. The Labute approximate surface area is 141 Å². The van der Waals surface area contributed by atoms with Gasteiger partial charge >= 0.3 is 11.3 Å². The van der Waals surface area contributed by atoms with Crippen molar-refractivity contribution in [3.63, 3.8) is 0 Å². The number of aromatic nitrogens is 1. The normalized spacial score (nSPS) is 13.4. The van der Waals surface area contributed by atoms with E-state index in [9.17, 15) is 9.59 Å². The zero-order chi connectivity index (χ0) is 17.0. The summed E-state index contributed by atoms with van der Waals surface area (Å²) in [6.45, 7) is 0. The van der Waals surface area contributed by atoms with Gasteiger partial charge in [0.1, 0.15) is 11.1 Å². The number of benzene rings is 2. The van der Waals surface area contributed by atoms with E-state index in [4.69, 9.17) is 8.83 Å². The summed E-state index contributed by atoms with van der Waals surface area (Å²) in [5.74, 6) is 0. The second kappa shape index (κ2) is 5.14. The van der Waals surface area contributed by atoms with Crippen LogP contribution < -0.4 is 11.3 Å². The highest BCUT2D eigenvalue weighted by atomic mass is 16.4. The maximum atomic E-state index is 12.3. The molecule has 25 heavy (non-hydrogen) atoms. The minimum absolute atomic E-state index is 0.279. The van der Waals surface area contributed by atoms with E-state index in [2.05, 4.69) is 4.98 Å². The first-order valence-corrected chi connectivity index (χ1v) is 8.19. The Kier molecular flexibility index (Phi) is 2.91. The van der Waals surface area contributed by atoms with Crippen LogP contribution in [0.1, 0.15) is 17.5 Å². The molecule has 2 heterocycles. The minimum atomic E-state index is -0.512. The van der Waals surface area contributed by atoms with Crippen LogP contribution in [0.2, 0.25) is 0 Å². The van der Waals surface area contributed by atoms with Crippen molar-refractivity contribution in [3.05, 3.63) is 74.4 Å². The smallest absolute Gasteiger partial charge is 0.363 e. The number of rotatable bonds is 1. The quantitative estimate of drug-likeness (QED) is 0.394. The Morgan fingerprint density at radius 1 is 0.840 bits per heavy atom. The highest BCUT2D eigenvalue weighted by Crippen LogP contribution is 2.30. The Morgan fingerprint density at radius 2 is 1.60 bits per heavy atom. The van der Waals surface area contributed by atoms with Gasteiger partial charge in [0.25, 0.3) is 0 Å². The highest BCUT2D eigenvalue weighted by Gasteiger charge is 2.21. The molecule has 0 amide bonds. The Bertz CT molecular complexity index is 1250. The molecule has 0 N–H and O–H groups in total. The van der Waals surface area contributed by atoms with E-state index in [1.165, 1.54) is 0 Å². The molecule has 0 radical (unpaired) electrons. The minimum Gasteiger partial charge on any atom is -0.422 e. The topological polar surface area (TPSA) is 73.3 Å². The standard InChI is InChI=1S/C20H13NO4/c22-19-13-8-4-7-12(13)14-9-15-17(10-16(14)24-19)25-20(23)18(21-15)11-5-2-1-3-6-11/h1-3,5-6,9-10H,4,7-8H2. The van der Waals surface area contributed by atoms with Gasteiger partial charge in [-0.2, -0.15) is 0 Å². The maximum Gasteiger partial charge on any atom is 0.363 e. The number of hydrogen-bond acceptors (Lipinski definition) is 5. The van der Waals surface area contributed by atoms with Crippen molar-refractivity contribution in [2.45, 2.75) is 19.3 Å². The molecular formula is C20H13NO4. The van der Waals surface area contributed by atoms with E-state index in [0.717, 1.165) is 35.8 Å². The Morgan fingerprint density at radius 3 is 2.44 bits per heavy atom. The molecule has 0 aliphatic heterocycles. The van der Waals surface area contributed by atoms with Gasteiger partial charge in [-0.3, -0.25) is 0 Å². The van der Waals surface area contributed by atoms with Crippen LogP contribution in [0.4, 0.5) is 0 Å². The molecule has 5 rings (SSSR count). The fourth-order valence-electron chi connectivity index (χ4n) is 3.56. The predicted molar refractivity (Wildman–Crippen MR) is 93.8 cm³/mol. The average molecular weight is 331 g/mol. The number of fused-ring (bicyclic) bond motifs is 4. The third-order valence-electron chi connectivity index (χ3n) is 4.73. The van der Waals surface area contributed by atoms with Gasteiger partial charge in [0.2, 0.25) is 0 Å². The third-order valence-corrected chi connectivity index (χ3v) is 4.73. The molecule has 0 saturated carbocycles. The molecule has 5 heteroatoms. The molecule has 0 bridgehead atoms. The van der Waals surface area contributed by atoms with Crippen LogP contribution in [-0.2, 0) is 12.8 Å². The van der Waals surface area contributed by atoms with Crippen molar-refractivity contribution in [1.29, 1.82) is 0 Å². The van der Waals surface area contributed by atoms with Crippen LogP contribution in [0.5, 0.6) is 0 Å². The lowest BCUT2D eigenvalue weighted by molar-refractivity contribution is 0.543. The number of aryl methyl sites for hydroxylation is 1. The summed E-state index contributed by atoms with van der Waals surface area (Å²) >= 11 is 0. The lowest BCUT2D eigenvalue weighted by Crippen LogP contribution is -2.08. The van der Waals surface area contributed by atoms with Crippen LogP contribution in [0.15, 0.2) is 60.9 Å². The first-order valence-electron chi connectivity index (χ1n) is 8.19. The fourth-order valence-corrected chi connectivity index (χ4v) is 3.56. The van der Waals surface area contributed by atoms with Crippen molar-refractivity contribution >= 4 is 22.1 Å². The monoisotopic (exact) mass is 331 g/mol. The summed E-state index contributed by atoms with van der Waals surface area (Å²) in [6, 6.07) is 12.7. The highest BCUT2D eigenvalue weighted by molar-refractivity contribution is 5.93. The van der Waals surface area contributed by atoms with E-state index in [0.29, 0.717) is 22.2 Å². The van der Waals surface area contributed by atoms with Gasteiger partial charge in [-0.15, -0.1) is 0 Å². The van der Waals surface area contributed by atoms with Crippen LogP contribution in [0.25, 0.3) is 33.3 Å². The zero-order valence-electron chi connectivity index (χ0n) is 13.2. The van der Waals surface area contributed by atoms with Gasteiger partial charge in [-0.25, -0.2) is 14.6 Å². The second-order valence-electron chi connectivity index (χ2n) is 6.23. The molecule has 0 fully saturated rings. The maximum absolute atomic E-state index is 12.3. The Hall–Kier alpha value is -3.21. The van der Waals surface area contributed by atoms with Gasteiger partial charge in [0.15, 0.2) is 11.3 Å². The van der Waals surface area contributed by atoms with Crippen molar-refractivity contribution in [2.24, 2.45) is 0 Å². The molecule has 1 aliphatic carbocycles. The summed E-state index contributed by atoms with van der Waals surface area (Å²) in [5.41, 5.74) is 3.30. The Balaban J connectivity index is 1.85. The molecule has 2 aromatic heterocycles. The summed E-state index contributed by atoms with van der Waals surface area (Å²) in [4.78, 5) is 28.9. The summed E-state index contributed by atoms with van der Waals surface area (Å²) in [7, 11) is 0. The lowest BCUT2D eigenvalue weighted by Gasteiger charge is -2.06. The van der Waals surface area contributed by atoms with Crippen LogP contribution in [0, 0.1) is 0 Å². The lowest BCUT2D eigenvalue weighted by atomic mass is 10.1. The van der Waals surface area contributed by atoms with Gasteiger partial charge in [-0.1, -0.05) is 30.3 Å². The van der Waals surface area contributed by atoms with Crippen LogP contribution >= 0.6 is 0 Å². The van der Waals surface area contributed by atoms with E-state index < -0.39 is 5.63 Å². The average Bonchev–Trinajstić information content (AvgIpc) is 3.11. The van der Waals surface area contributed by atoms with E-state index in [-0.39, 0.29) is 11.3 Å². The second-order valence-corrected chi connectivity index (χ2v) is 6.23. The van der Waals surface area contributed by atoms with Gasteiger partial charge in [0, 0.05) is 22.6 Å². The van der Waals surface area contributed by atoms with Crippen molar-refractivity contribution < 1.29 is 8.83 Å². The molecule has 0 saturated heterocycles. The van der Waals surface area contributed by atoms with E-state index >= 15 is 0 Å². The van der Waals surface area contributed by atoms with Crippen LogP contribution in [-0.4, -0.2) is 4.98 Å².